The Morgan fingerprint density at radius 3 is 2.64 bits per heavy atom. The zero-order chi connectivity index (χ0) is 16.9. The van der Waals surface area contributed by atoms with E-state index in [1.54, 1.807) is 0 Å². The number of ether oxygens (including phenoxy) is 1. The summed E-state index contributed by atoms with van der Waals surface area (Å²) in [4.78, 5) is -0.0268. The second-order valence-electron chi connectivity index (χ2n) is 4.90. The Bertz CT molecular complexity index is 606. The third-order valence-electron chi connectivity index (χ3n) is 3.28. The van der Waals surface area contributed by atoms with Gasteiger partial charge in [-0.05, 0) is 24.1 Å². The molecule has 0 aromatic heterocycles. The molecule has 0 spiro atoms. The third-order valence-corrected chi connectivity index (χ3v) is 4.74. The van der Waals surface area contributed by atoms with Gasteiger partial charge in [0.1, 0.15) is 15.7 Å². The average molecular weight is 337 g/mol. The summed E-state index contributed by atoms with van der Waals surface area (Å²) in [6, 6.07) is 4.35. The van der Waals surface area contributed by atoms with Crippen LogP contribution in [0.1, 0.15) is 20.3 Å². The van der Waals surface area contributed by atoms with Crippen molar-refractivity contribution in [1.82, 2.24) is 0 Å². The molecule has 0 saturated carbocycles. The van der Waals surface area contributed by atoms with Crippen molar-refractivity contribution in [2.75, 3.05) is 0 Å². The standard InChI is InChI=1S/C13H21F2N3O3S/c1-3-8(2)11(16)12(19)18-22(17,20)10-6-4-5-9(7-10)21-13(14)15/h4-8,11-13,19H,3,16H2,1-2H3,(H2,17,18,20)/t8-,11-,12?,22?/m0/s1. The number of benzene rings is 1. The summed E-state index contributed by atoms with van der Waals surface area (Å²) in [5, 5.41) is 15.5. The van der Waals surface area contributed by atoms with Gasteiger partial charge in [-0.25, -0.2) is 9.35 Å². The molecule has 0 aliphatic rings. The number of nitrogens with two attached hydrogens (primary N) is 2. The van der Waals surface area contributed by atoms with Gasteiger partial charge in [-0.3, -0.25) is 0 Å². The molecule has 2 unspecified atom stereocenters. The first-order chi connectivity index (χ1) is 10.2. The molecular formula is C13H21F2N3O3S. The Labute approximate surface area is 128 Å². The van der Waals surface area contributed by atoms with Gasteiger partial charge in [0.2, 0.25) is 0 Å². The predicted molar refractivity (Wildman–Crippen MR) is 79.5 cm³/mol. The molecule has 0 aliphatic heterocycles. The van der Waals surface area contributed by atoms with Crippen molar-refractivity contribution in [1.29, 1.82) is 0 Å². The van der Waals surface area contributed by atoms with Crippen LogP contribution in [-0.4, -0.2) is 28.2 Å². The van der Waals surface area contributed by atoms with Crippen LogP contribution in [0.15, 0.2) is 33.5 Å². The van der Waals surface area contributed by atoms with E-state index < -0.39 is 28.8 Å². The fraction of sp³-hybridized carbons (Fsp3) is 0.538. The Kier molecular flexibility index (Phi) is 6.66. The van der Waals surface area contributed by atoms with E-state index in [2.05, 4.69) is 9.10 Å². The number of rotatable bonds is 7. The van der Waals surface area contributed by atoms with Crippen molar-refractivity contribution < 1.29 is 22.8 Å². The van der Waals surface area contributed by atoms with Crippen LogP contribution in [0.25, 0.3) is 0 Å². The molecule has 0 radical (unpaired) electrons. The smallest absolute Gasteiger partial charge is 0.387 e. The highest BCUT2D eigenvalue weighted by molar-refractivity contribution is 7.91. The summed E-state index contributed by atoms with van der Waals surface area (Å²) in [5.41, 5.74) is 5.80. The topological polar surface area (TPSA) is 111 Å². The summed E-state index contributed by atoms with van der Waals surface area (Å²) in [6.45, 7) is 0.700. The van der Waals surface area contributed by atoms with Gasteiger partial charge in [0.25, 0.3) is 0 Å². The number of nitrogens with zero attached hydrogens (tertiary/aromatic N) is 1. The first-order valence-corrected chi connectivity index (χ1v) is 8.27. The van der Waals surface area contributed by atoms with Crippen LogP contribution < -0.4 is 15.6 Å². The lowest BCUT2D eigenvalue weighted by molar-refractivity contribution is -0.0499. The molecule has 5 N–H and O–H groups in total. The minimum Gasteiger partial charge on any atom is -0.435 e. The molecule has 6 nitrogen and oxygen atoms in total. The molecule has 0 heterocycles. The third kappa shape index (κ3) is 5.16. The van der Waals surface area contributed by atoms with Crippen LogP contribution in [0.5, 0.6) is 5.75 Å². The molecule has 1 aromatic carbocycles. The van der Waals surface area contributed by atoms with E-state index >= 15 is 0 Å². The van der Waals surface area contributed by atoms with Crippen LogP contribution >= 0.6 is 0 Å². The molecule has 4 atom stereocenters. The van der Waals surface area contributed by atoms with E-state index in [0.717, 1.165) is 6.07 Å². The van der Waals surface area contributed by atoms with E-state index in [1.165, 1.54) is 18.2 Å². The van der Waals surface area contributed by atoms with Gasteiger partial charge < -0.3 is 15.6 Å². The predicted octanol–water partition coefficient (Wildman–Crippen LogP) is 1.68. The summed E-state index contributed by atoms with van der Waals surface area (Å²) < 4.78 is 44.7. The molecule has 0 aliphatic carbocycles. The second kappa shape index (κ2) is 7.82. The van der Waals surface area contributed by atoms with Gasteiger partial charge in [0.05, 0.1) is 10.9 Å². The van der Waals surface area contributed by atoms with Crippen LogP contribution in [0, 0.1) is 5.92 Å². The van der Waals surface area contributed by atoms with Crippen molar-refractivity contribution >= 4 is 9.92 Å². The van der Waals surface area contributed by atoms with Crippen LogP contribution in [0.3, 0.4) is 0 Å². The number of aliphatic hydroxyl groups excluding tert-OH is 1. The molecule has 0 bridgehead atoms. The molecule has 9 heteroatoms. The monoisotopic (exact) mass is 337 g/mol. The lowest BCUT2D eigenvalue weighted by Gasteiger charge is -2.21. The molecule has 1 aromatic rings. The van der Waals surface area contributed by atoms with Gasteiger partial charge in [-0.1, -0.05) is 26.3 Å². The minimum atomic E-state index is -3.48. The van der Waals surface area contributed by atoms with Crippen molar-refractivity contribution in [3.05, 3.63) is 24.3 Å². The van der Waals surface area contributed by atoms with E-state index in [1.807, 2.05) is 13.8 Å². The maximum absolute atomic E-state index is 12.4. The zero-order valence-corrected chi connectivity index (χ0v) is 13.2. The summed E-state index contributed by atoms with van der Waals surface area (Å²) in [6.07, 6.45) is -0.718. The Hall–Kier alpha value is -1.29. The minimum absolute atomic E-state index is 0.0268. The maximum Gasteiger partial charge on any atom is 0.387 e. The number of hydrogen-bond acceptors (Lipinski definition) is 5. The van der Waals surface area contributed by atoms with Gasteiger partial charge in [-0.2, -0.15) is 13.1 Å². The molecular weight excluding hydrogens is 316 g/mol. The van der Waals surface area contributed by atoms with E-state index in [4.69, 9.17) is 10.9 Å². The lowest BCUT2D eigenvalue weighted by Crippen LogP contribution is -2.40. The Morgan fingerprint density at radius 1 is 1.45 bits per heavy atom. The van der Waals surface area contributed by atoms with Gasteiger partial charge in [0.15, 0.2) is 6.23 Å². The first kappa shape index (κ1) is 18.8. The second-order valence-corrected chi connectivity index (χ2v) is 6.72. The quantitative estimate of drug-likeness (QED) is 0.703. The normalized spacial score (nSPS) is 18.4. The molecule has 22 heavy (non-hydrogen) atoms. The Morgan fingerprint density at radius 2 is 2.09 bits per heavy atom. The Balaban J connectivity index is 3.07. The van der Waals surface area contributed by atoms with Crippen molar-refractivity contribution in [2.24, 2.45) is 21.2 Å². The van der Waals surface area contributed by atoms with Crippen LogP contribution in [0.2, 0.25) is 0 Å². The summed E-state index contributed by atoms with van der Waals surface area (Å²) in [7, 11) is -3.48. The first-order valence-electron chi connectivity index (χ1n) is 6.70. The van der Waals surface area contributed by atoms with E-state index in [-0.39, 0.29) is 16.6 Å². The lowest BCUT2D eigenvalue weighted by atomic mass is 9.99. The van der Waals surface area contributed by atoms with Gasteiger partial charge in [-0.15, -0.1) is 0 Å². The molecule has 0 fully saturated rings. The van der Waals surface area contributed by atoms with Gasteiger partial charge in [0, 0.05) is 0 Å². The molecule has 1 rings (SSSR count). The number of alkyl halides is 2. The van der Waals surface area contributed by atoms with Crippen molar-refractivity contribution in [2.45, 2.75) is 44.0 Å². The zero-order valence-electron chi connectivity index (χ0n) is 12.4. The highest BCUT2D eigenvalue weighted by Crippen LogP contribution is 2.20. The SMILES string of the molecule is CC[C@H](C)[C@H](N)C(O)N=S(N)(=O)c1cccc(OC(F)F)c1. The fourth-order valence-electron chi connectivity index (χ4n) is 1.69. The van der Waals surface area contributed by atoms with E-state index in [0.29, 0.717) is 6.42 Å². The molecule has 0 amide bonds. The fourth-order valence-corrected chi connectivity index (χ4v) is 2.83. The molecule has 0 saturated heterocycles. The highest BCUT2D eigenvalue weighted by atomic mass is 32.2. The number of hydrogen-bond donors (Lipinski definition) is 3. The summed E-state index contributed by atoms with van der Waals surface area (Å²) in [5.74, 6) is -0.246. The average Bonchev–Trinajstić information content (AvgIpc) is 2.44. The van der Waals surface area contributed by atoms with Gasteiger partial charge >= 0.3 is 6.61 Å². The molecule has 126 valence electrons. The van der Waals surface area contributed by atoms with Crippen molar-refractivity contribution in [3.63, 3.8) is 0 Å². The highest BCUT2D eigenvalue weighted by Gasteiger charge is 2.22. The summed E-state index contributed by atoms with van der Waals surface area (Å²) >= 11 is 0. The van der Waals surface area contributed by atoms with Crippen LogP contribution in [0.4, 0.5) is 8.78 Å². The number of halogens is 2. The van der Waals surface area contributed by atoms with Crippen LogP contribution in [-0.2, 0) is 9.92 Å². The largest absolute Gasteiger partial charge is 0.435 e. The van der Waals surface area contributed by atoms with Crippen molar-refractivity contribution in [3.8, 4) is 5.75 Å². The maximum atomic E-state index is 12.4. The van der Waals surface area contributed by atoms with E-state index in [9.17, 15) is 18.1 Å². The number of aliphatic hydroxyl groups is 1.